The second-order valence-electron chi connectivity index (χ2n) is 6.53. The lowest BCUT2D eigenvalue weighted by atomic mass is 9.87. The summed E-state index contributed by atoms with van der Waals surface area (Å²) in [6.45, 7) is 3.25. The molecule has 3 rings (SSSR count). The average molecular weight is 310 g/mol. The molecule has 3 N–H and O–H groups in total. The van der Waals surface area contributed by atoms with Crippen molar-refractivity contribution in [2.45, 2.75) is 25.4 Å². The molecule has 0 spiro atoms. The Labute approximate surface area is 138 Å². The molecule has 3 nitrogen and oxygen atoms in total. The summed E-state index contributed by atoms with van der Waals surface area (Å²) in [6, 6.07) is 18.3. The summed E-state index contributed by atoms with van der Waals surface area (Å²) in [7, 11) is 0. The lowest BCUT2D eigenvalue weighted by Gasteiger charge is -2.34. The van der Waals surface area contributed by atoms with Crippen molar-refractivity contribution in [2.24, 2.45) is 5.92 Å². The van der Waals surface area contributed by atoms with Gasteiger partial charge < -0.3 is 15.7 Å². The third kappa shape index (κ3) is 4.34. The summed E-state index contributed by atoms with van der Waals surface area (Å²) >= 11 is 0. The number of hydrogen-bond donors (Lipinski definition) is 2. The summed E-state index contributed by atoms with van der Waals surface area (Å²) in [5, 5.41) is 10.6. The van der Waals surface area contributed by atoms with Crippen LogP contribution in [0.3, 0.4) is 0 Å². The molecule has 3 heteroatoms. The van der Waals surface area contributed by atoms with Gasteiger partial charge >= 0.3 is 0 Å². The zero-order chi connectivity index (χ0) is 16.1. The standard InChI is InChI=1S/C20H26N2O/c21-19-8-6-17(7-9-19)20(23)18-11-14-22(15-12-18)13-10-16-4-2-1-3-5-16/h1-9,18,20,23H,10-15,21H2. The first-order valence-electron chi connectivity index (χ1n) is 8.52. The second kappa shape index (κ2) is 7.62. The van der Waals surface area contributed by atoms with Crippen LogP contribution < -0.4 is 5.73 Å². The number of benzene rings is 2. The van der Waals surface area contributed by atoms with Gasteiger partial charge in [-0.1, -0.05) is 42.5 Å². The molecule has 1 atom stereocenters. The Bertz CT molecular complexity index is 589. The summed E-state index contributed by atoms with van der Waals surface area (Å²) in [5.41, 5.74) is 8.85. The van der Waals surface area contributed by atoms with Crippen molar-refractivity contribution in [1.82, 2.24) is 4.90 Å². The van der Waals surface area contributed by atoms with Crippen LogP contribution in [-0.4, -0.2) is 29.6 Å². The Hall–Kier alpha value is -1.84. The van der Waals surface area contributed by atoms with E-state index in [-0.39, 0.29) is 6.10 Å². The fraction of sp³-hybridized carbons (Fsp3) is 0.400. The van der Waals surface area contributed by atoms with E-state index in [1.54, 1.807) is 0 Å². The van der Waals surface area contributed by atoms with Gasteiger partial charge in [0.15, 0.2) is 0 Å². The van der Waals surface area contributed by atoms with E-state index in [9.17, 15) is 5.11 Å². The molecule has 1 aliphatic heterocycles. The SMILES string of the molecule is Nc1ccc(C(O)C2CCN(CCc3ccccc3)CC2)cc1. The predicted molar refractivity (Wildman–Crippen MR) is 95.1 cm³/mol. The van der Waals surface area contributed by atoms with E-state index in [2.05, 4.69) is 35.2 Å². The third-order valence-electron chi connectivity index (χ3n) is 4.92. The molecule has 0 amide bonds. The summed E-state index contributed by atoms with van der Waals surface area (Å²) in [6.07, 6.45) is 2.85. The Morgan fingerprint density at radius 2 is 1.65 bits per heavy atom. The van der Waals surface area contributed by atoms with Gasteiger partial charge in [0.2, 0.25) is 0 Å². The van der Waals surface area contributed by atoms with Gasteiger partial charge in [-0.3, -0.25) is 0 Å². The van der Waals surface area contributed by atoms with E-state index in [4.69, 9.17) is 5.73 Å². The van der Waals surface area contributed by atoms with Crippen LogP contribution >= 0.6 is 0 Å². The average Bonchev–Trinajstić information content (AvgIpc) is 2.61. The van der Waals surface area contributed by atoms with Gasteiger partial charge in [-0.05, 0) is 61.5 Å². The number of piperidine rings is 1. The first-order chi connectivity index (χ1) is 11.2. The molecule has 1 heterocycles. The van der Waals surface area contributed by atoms with E-state index in [0.717, 1.165) is 50.1 Å². The van der Waals surface area contributed by atoms with Crippen LogP contribution in [0.4, 0.5) is 5.69 Å². The van der Waals surface area contributed by atoms with Gasteiger partial charge in [0.1, 0.15) is 0 Å². The van der Waals surface area contributed by atoms with Crippen LogP contribution in [0.2, 0.25) is 0 Å². The van der Waals surface area contributed by atoms with Gasteiger partial charge in [-0.25, -0.2) is 0 Å². The Morgan fingerprint density at radius 1 is 1.00 bits per heavy atom. The molecule has 2 aromatic rings. The van der Waals surface area contributed by atoms with Gasteiger partial charge in [0.25, 0.3) is 0 Å². The minimum Gasteiger partial charge on any atom is -0.399 e. The zero-order valence-electron chi connectivity index (χ0n) is 13.6. The van der Waals surface area contributed by atoms with Crippen LogP contribution in [0, 0.1) is 5.92 Å². The Morgan fingerprint density at radius 3 is 2.30 bits per heavy atom. The quantitative estimate of drug-likeness (QED) is 0.834. The molecule has 0 aliphatic carbocycles. The molecule has 2 aromatic carbocycles. The molecule has 1 saturated heterocycles. The molecule has 1 unspecified atom stereocenters. The van der Waals surface area contributed by atoms with Crippen molar-refractivity contribution in [1.29, 1.82) is 0 Å². The number of aliphatic hydroxyl groups excluding tert-OH is 1. The number of rotatable bonds is 5. The fourth-order valence-electron chi connectivity index (χ4n) is 3.39. The summed E-state index contributed by atoms with van der Waals surface area (Å²) < 4.78 is 0. The molecular weight excluding hydrogens is 284 g/mol. The number of anilines is 1. The molecule has 0 saturated carbocycles. The molecule has 0 aromatic heterocycles. The van der Waals surface area contributed by atoms with Crippen LogP contribution in [-0.2, 0) is 6.42 Å². The van der Waals surface area contributed by atoms with Crippen molar-refractivity contribution < 1.29 is 5.11 Å². The molecule has 23 heavy (non-hydrogen) atoms. The van der Waals surface area contributed by atoms with Crippen LogP contribution in [0.25, 0.3) is 0 Å². The Kier molecular flexibility index (Phi) is 5.31. The van der Waals surface area contributed by atoms with Crippen molar-refractivity contribution in [3.63, 3.8) is 0 Å². The topological polar surface area (TPSA) is 49.5 Å². The molecule has 122 valence electrons. The normalized spacial score (nSPS) is 18.0. The van der Waals surface area contributed by atoms with E-state index in [1.807, 2.05) is 24.3 Å². The van der Waals surface area contributed by atoms with Crippen LogP contribution in [0.15, 0.2) is 54.6 Å². The maximum atomic E-state index is 10.6. The van der Waals surface area contributed by atoms with E-state index >= 15 is 0 Å². The summed E-state index contributed by atoms with van der Waals surface area (Å²) in [5.74, 6) is 0.353. The van der Waals surface area contributed by atoms with Crippen molar-refractivity contribution in [3.8, 4) is 0 Å². The number of nitrogens with two attached hydrogens (primary N) is 1. The highest BCUT2D eigenvalue weighted by atomic mass is 16.3. The second-order valence-corrected chi connectivity index (χ2v) is 6.53. The van der Waals surface area contributed by atoms with Crippen LogP contribution in [0.1, 0.15) is 30.1 Å². The Balaban J connectivity index is 1.47. The highest BCUT2D eigenvalue weighted by molar-refractivity contribution is 5.39. The zero-order valence-corrected chi connectivity index (χ0v) is 13.6. The number of likely N-dealkylation sites (tertiary alicyclic amines) is 1. The van der Waals surface area contributed by atoms with Crippen LogP contribution in [0.5, 0.6) is 0 Å². The monoisotopic (exact) mass is 310 g/mol. The van der Waals surface area contributed by atoms with E-state index in [1.165, 1.54) is 5.56 Å². The van der Waals surface area contributed by atoms with Gasteiger partial charge in [-0.2, -0.15) is 0 Å². The van der Waals surface area contributed by atoms with Crippen molar-refractivity contribution in [3.05, 3.63) is 65.7 Å². The first kappa shape index (κ1) is 16.0. The maximum absolute atomic E-state index is 10.6. The van der Waals surface area contributed by atoms with E-state index in [0.29, 0.717) is 5.92 Å². The molecule has 0 bridgehead atoms. The lowest BCUT2D eigenvalue weighted by Crippen LogP contribution is -2.36. The first-order valence-corrected chi connectivity index (χ1v) is 8.52. The molecular formula is C20H26N2O. The molecule has 1 aliphatic rings. The third-order valence-corrected chi connectivity index (χ3v) is 4.92. The predicted octanol–water partition coefficient (Wildman–Crippen LogP) is 3.26. The number of nitrogen functional groups attached to an aromatic ring is 1. The van der Waals surface area contributed by atoms with Gasteiger partial charge in [0.05, 0.1) is 6.10 Å². The smallest absolute Gasteiger partial charge is 0.0819 e. The van der Waals surface area contributed by atoms with Gasteiger partial charge in [0, 0.05) is 12.2 Å². The fourth-order valence-corrected chi connectivity index (χ4v) is 3.39. The highest BCUT2D eigenvalue weighted by Crippen LogP contribution is 2.31. The maximum Gasteiger partial charge on any atom is 0.0819 e. The number of nitrogens with zero attached hydrogens (tertiary/aromatic N) is 1. The van der Waals surface area contributed by atoms with Gasteiger partial charge in [-0.15, -0.1) is 0 Å². The number of hydrogen-bond acceptors (Lipinski definition) is 3. The minimum atomic E-state index is -0.369. The summed E-state index contributed by atoms with van der Waals surface area (Å²) in [4.78, 5) is 2.51. The van der Waals surface area contributed by atoms with Crippen molar-refractivity contribution >= 4 is 5.69 Å². The largest absolute Gasteiger partial charge is 0.399 e. The highest BCUT2D eigenvalue weighted by Gasteiger charge is 2.25. The number of aliphatic hydroxyl groups is 1. The minimum absolute atomic E-state index is 0.353. The lowest BCUT2D eigenvalue weighted by molar-refractivity contribution is 0.0592. The van der Waals surface area contributed by atoms with Crippen molar-refractivity contribution in [2.75, 3.05) is 25.4 Å². The van der Waals surface area contributed by atoms with E-state index < -0.39 is 0 Å². The molecule has 1 fully saturated rings. The molecule has 0 radical (unpaired) electrons.